The Bertz CT molecular complexity index is 725. The maximum atomic E-state index is 12.9. The molecule has 0 bridgehead atoms. The summed E-state index contributed by atoms with van der Waals surface area (Å²) in [6.45, 7) is 5.73. The Hall–Kier alpha value is -2.42. The van der Waals surface area contributed by atoms with Crippen molar-refractivity contribution in [1.82, 2.24) is 9.88 Å². The number of unbranched alkanes of at least 4 members (excludes halogenated alkanes) is 5. The maximum absolute atomic E-state index is 12.9. The largest absolute Gasteiger partial charge is 0.338 e. The highest BCUT2D eigenvalue weighted by molar-refractivity contribution is 5.76. The highest BCUT2D eigenvalue weighted by atomic mass is 16.2. The number of pyridine rings is 1. The zero-order valence-corrected chi connectivity index (χ0v) is 18.1. The fourth-order valence-electron chi connectivity index (χ4n) is 3.48. The van der Waals surface area contributed by atoms with Crippen molar-refractivity contribution in [3.8, 4) is 0 Å². The van der Waals surface area contributed by atoms with E-state index in [0.29, 0.717) is 19.5 Å². The summed E-state index contributed by atoms with van der Waals surface area (Å²) in [4.78, 5) is 19.3. The van der Waals surface area contributed by atoms with Gasteiger partial charge in [0.1, 0.15) is 0 Å². The van der Waals surface area contributed by atoms with E-state index < -0.39 is 0 Å². The molecule has 29 heavy (non-hydrogen) atoms. The molecule has 0 saturated heterocycles. The molecule has 0 aliphatic heterocycles. The summed E-state index contributed by atoms with van der Waals surface area (Å²) in [6, 6.07) is 16.3. The zero-order valence-electron chi connectivity index (χ0n) is 18.1. The lowest BCUT2D eigenvalue weighted by Crippen LogP contribution is -2.34. The molecule has 2 rings (SSSR count). The Morgan fingerprint density at radius 3 is 2.41 bits per heavy atom. The average molecular weight is 393 g/mol. The van der Waals surface area contributed by atoms with Gasteiger partial charge in [-0.15, -0.1) is 0 Å². The third-order valence-corrected chi connectivity index (χ3v) is 5.11. The summed E-state index contributed by atoms with van der Waals surface area (Å²) in [6.07, 6.45) is 12.7. The molecule has 0 saturated carbocycles. The van der Waals surface area contributed by atoms with Crippen LogP contribution in [-0.4, -0.2) is 28.9 Å². The number of benzene rings is 1. The smallest absolute Gasteiger partial charge is 0.222 e. The molecule has 1 amide bonds. The molecule has 156 valence electrons. The van der Waals surface area contributed by atoms with Crippen molar-refractivity contribution in [2.24, 2.45) is 0 Å². The van der Waals surface area contributed by atoms with Gasteiger partial charge in [0.25, 0.3) is 0 Å². The summed E-state index contributed by atoms with van der Waals surface area (Å²) >= 11 is 0. The minimum atomic E-state index is 0.261. The molecule has 0 radical (unpaired) electrons. The molecule has 0 N–H and O–H groups in total. The molecule has 0 aliphatic rings. The minimum Gasteiger partial charge on any atom is -0.338 e. The molecular weight excluding hydrogens is 356 g/mol. The first kappa shape index (κ1) is 22.9. The van der Waals surface area contributed by atoms with Crippen LogP contribution in [-0.2, 0) is 11.2 Å². The highest BCUT2D eigenvalue weighted by Gasteiger charge is 2.14. The minimum absolute atomic E-state index is 0.261. The topological polar surface area (TPSA) is 33.2 Å². The van der Waals surface area contributed by atoms with Gasteiger partial charge in [-0.3, -0.25) is 9.78 Å². The van der Waals surface area contributed by atoms with Gasteiger partial charge in [-0.25, -0.2) is 0 Å². The second kappa shape index (κ2) is 13.7. The van der Waals surface area contributed by atoms with Crippen LogP contribution in [0.25, 0.3) is 6.08 Å². The average Bonchev–Trinajstić information content (AvgIpc) is 2.75. The number of rotatable bonds is 13. The summed E-state index contributed by atoms with van der Waals surface area (Å²) < 4.78 is 0. The van der Waals surface area contributed by atoms with E-state index in [9.17, 15) is 4.79 Å². The third kappa shape index (κ3) is 9.56. The van der Waals surface area contributed by atoms with Crippen molar-refractivity contribution in [1.29, 1.82) is 0 Å². The molecule has 1 heterocycles. The predicted molar refractivity (Wildman–Crippen MR) is 123 cm³/mol. The van der Waals surface area contributed by atoms with E-state index in [1.54, 1.807) is 0 Å². The lowest BCUT2D eigenvalue weighted by atomic mass is 10.1. The van der Waals surface area contributed by atoms with Crippen molar-refractivity contribution in [3.63, 3.8) is 0 Å². The molecule has 0 atom stereocenters. The lowest BCUT2D eigenvalue weighted by molar-refractivity contribution is -0.130. The van der Waals surface area contributed by atoms with Gasteiger partial charge in [-0.1, -0.05) is 87.1 Å². The number of carbonyl (C=O) groups is 1. The van der Waals surface area contributed by atoms with E-state index in [0.717, 1.165) is 25.0 Å². The van der Waals surface area contributed by atoms with Crippen molar-refractivity contribution in [3.05, 3.63) is 71.6 Å². The summed E-state index contributed by atoms with van der Waals surface area (Å²) in [5, 5.41) is 0. The monoisotopic (exact) mass is 392 g/mol. The zero-order chi connectivity index (χ0) is 20.7. The van der Waals surface area contributed by atoms with E-state index in [1.807, 2.05) is 47.5 Å². The number of hydrogen-bond donors (Lipinski definition) is 0. The molecule has 3 nitrogen and oxygen atoms in total. The Morgan fingerprint density at radius 1 is 0.966 bits per heavy atom. The first-order chi connectivity index (χ1) is 14.2. The fourth-order valence-corrected chi connectivity index (χ4v) is 3.48. The van der Waals surface area contributed by atoms with Gasteiger partial charge in [0.05, 0.1) is 0 Å². The number of amides is 1. The van der Waals surface area contributed by atoms with Crippen LogP contribution in [0.2, 0.25) is 0 Å². The predicted octanol–water partition coefficient (Wildman–Crippen LogP) is 6.31. The second-order valence-corrected chi connectivity index (χ2v) is 7.81. The molecule has 2 aromatic rings. The van der Waals surface area contributed by atoms with Gasteiger partial charge < -0.3 is 4.90 Å². The number of hydrogen-bond acceptors (Lipinski definition) is 2. The van der Waals surface area contributed by atoms with Crippen LogP contribution in [0.1, 0.15) is 70.1 Å². The third-order valence-electron chi connectivity index (χ3n) is 5.11. The van der Waals surface area contributed by atoms with E-state index >= 15 is 0 Å². The first-order valence-corrected chi connectivity index (χ1v) is 11.1. The van der Waals surface area contributed by atoms with Gasteiger partial charge in [-0.05, 0) is 31.0 Å². The molecular formula is C26H36N2O. The van der Waals surface area contributed by atoms with Gasteiger partial charge >= 0.3 is 0 Å². The fraction of sp³-hybridized carbons (Fsp3) is 0.462. The van der Waals surface area contributed by atoms with Gasteiger partial charge in [0.15, 0.2) is 0 Å². The van der Waals surface area contributed by atoms with Crippen molar-refractivity contribution < 1.29 is 4.79 Å². The van der Waals surface area contributed by atoms with Crippen LogP contribution < -0.4 is 0 Å². The van der Waals surface area contributed by atoms with Gasteiger partial charge in [-0.2, -0.15) is 0 Å². The summed E-state index contributed by atoms with van der Waals surface area (Å²) in [5.74, 6) is 0.261. The summed E-state index contributed by atoms with van der Waals surface area (Å²) in [7, 11) is 0. The molecule has 0 aliphatic carbocycles. The van der Waals surface area contributed by atoms with E-state index in [-0.39, 0.29) is 5.91 Å². The normalized spacial score (nSPS) is 11.4. The van der Waals surface area contributed by atoms with Crippen LogP contribution in [0.5, 0.6) is 0 Å². The van der Waals surface area contributed by atoms with E-state index in [1.165, 1.54) is 36.8 Å². The molecule has 0 fully saturated rings. The number of carbonyl (C=O) groups excluding carboxylic acids is 1. The lowest BCUT2D eigenvalue weighted by Gasteiger charge is -2.23. The maximum Gasteiger partial charge on any atom is 0.222 e. The van der Waals surface area contributed by atoms with Crippen LogP contribution in [0.3, 0.4) is 0 Å². The van der Waals surface area contributed by atoms with Crippen LogP contribution >= 0.6 is 0 Å². The van der Waals surface area contributed by atoms with Crippen molar-refractivity contribution >= 4 is 12.0 Å². The Labute approximate surface area is 176 Å². The molecule has 0 spiro atoms. The first-order valence-electron chi connectivity index (χ1n) is 11.1. The van der Waals surface area contributed by atoms with Crippen LogP contribution in [0.4, 0.5) is 0 Å². The summed E-state index contributed by atoms with van der Waals surface area (Å²) in [5.41, 5.74) is 3.42. The second-order valence-electron chi connectivity index (χ2n) is 7.81. The molecule has 1 aromatic heterocycles. The number of aromatic nitrogens is 1. The Morgan fingerprint density at radius 2 is 1.69 bits per heavy atom. The van der Waals surface area contributed by atoms with E-state index in [2.05, 4.69) is 37.0 Å². The van der Waals surface area contributed by atoms with Crippen LogP contribution in [0.15, 0.2) is 60.3 Å². The Kier molecular flexibility index (Phi) is 10.8. The van der Waals surface area contributed by atoms with Crippen molar-refractivity contribution in [2.45, 2.75) is 65.2 Å². The standard InChI is InChI=1S/C26H36N2O/c1-3-4-5-6-7-11-17-26(29)28(20-18-25-16-12-13-19-27-25)22-23(2)21-24-14-9-8-10-15-24/h8-10,12-16,19,21H,3-7,11,17-18,20,22H2,1-2H3/b23-21+. The van der Waals surface area contributed by atoms with Crippen molar-refractivity contribution in [2.75, 3.05) is 13.1 Å². The van der Waals surface area contributed by atoms with Gasteiger partial charge in [0, 0.05) is 37.8 Å². The Balaban J connectivity index is 1.92. The molecule has 3 heteroatoms. The van der Waals surface area contributed by atoms with E-state index in [4.69, 9.17) is 0 Å². The highest BCUT2D eigenvalue weighted by Crippen LogP contribution is 2.12. The quantitative estimate of drug-likeness (QED) is 0.374. The van der Waals surface area contributed by atoms with Crippen LogP contribution in [0, 0.1) is 0 Å². The molecule has 0 unspecified atom stereocenters. The molecule has 1 aromatic carbocycles. The SMILES string of the molecule is CCCCCCCCC(=O)N(CCc1ccccn1)C/C(C)=C/c1ccccc1. The number of nitrogens with zero attached hydrogens (tertiary/aromatic N) is 2. The van der Waals surface area contributed by atoms with Gasteiger partial charge in [0.2, 0.25) is 5.91 Å².